The van der Waals surface area contributed by atoms with E-state index in [2.05, 4.69) is 31.0 Å². The number of rotatable bonds is 6. The van der Waals surface area contributed by atoms with Crippen molar-refractivity contribution in [2.75, 3.05) is 19.6 Å². The van der Waals surface area contributed by atoms with Crippen molar-refractivity contribution in [2.24, 2.45) is 5.92 Å². The molecule has 0 spiro atoms. The second-order valence-corrected chi connectivity index (χ2v) is 5.57. The van der Waals surface area contributed by atoms with Gasteiger partial charge in [-0.1, -0.05) is 20.8 Å². The molecule has 3 nitrogen and oxygen atoms in total. The smallest absolute Gasteiger partial charge is 0.222 e. The van der Waals surface area contributed by atoms with Crippen molar-refractivity contribution in [3.05, 3.63) is 0 Å². The summed E-state index contributed by atoms with van der Waals surface area (Å²) in [5.74, 6) is 0.972. The SMILES string of the molecule is CCCNC1CCCN(C(=O)CCC(C)C)C1. The van der Waals surface area contributed by atoms with Crippen LogP contribution < -0.4 is 5.32 Å². The predicted octanol–water partition coefficient (Wildman–Crippen LogP) is 2.41. The summed E-state index contributed by atoms with van der Waals surface area (Å²) in [5.41, 5.74) is 0. The molecule has 0 saturated carbocycles. The first-order chi connectivity index (χ1) is 8.13. The fourth-order valence-electron chi connectivity index (χ4n) is 2.29. The van der Waals surface area contributed by atoms with Crippen molar-refractivity contribution in [2.45, 2.75) is 58.9 Å². The summed E-state index contributed by atoms with van der Waals surface area (Å²) in [5, 5.41) is 3.53. The quantitative estimate of drug-likeness (QED) is 0.773. The van der Waals surface area contributed by atoms with Gasteiger partial charge in [0.25, 0.3) is 0 Å². The van der Waals surface area contributed by atoms with Crippen molar-refractivity contribution in [3.8, 4) is 0 Å². The molecule has 1 atom stereocenters. The van der Waals surface area contributed by atoms with Crippen LogP contribution in [0.1, 0.15) is 52.9 Å². The van der Waals surface area contributed by atoms with Crippen LogP contribution in [-0.2, 0) is 4.79 Å². The monoisotopic (exact) mass is 240 g/mol. The zero-order chi connectivity index (χ0) is 12.7. The molecule has 1 unspecified atom stereocenters. The van der Waals surface area contributed by atoms with Gasteiger partial charge in [0.05, 0.1) is 0 Å². The van der Waals surface area contributed by atoms with Crippen LogP contribution in [0.25, 0.3) is 0 Å². The molecular formula is C14H28N2O. The highest BCUT2D eigenvalue weighted by Crippen LogP contribution is 2.13. The highest BCUT2D eigenvalue weighted by molar-refractivity contribution is 5.76. The van der Waals surface area contributed by atoms with E-state index in [0.29, 0.717) is 17.9 Å². The Morgan fingerprint density at radius 3 is 2.88 bits per heavy atom. The first-order valence-corrected chi connectivity index (χ1v) is 7.14. The first-order valence-electron chi connectivity index (χ1n) is 7.14. The second-order valence-electron chi connectivity index (χ2n) is 5.57. The Bertz CT molecular complexity index is 228. The van der Waals surface area contributed by atoms with Gasteiger partial charge in [-0.3, -0.25) is 4.79 Å². The van der Waals surface area contributed by atoms with Crippen molar-refractivity contribution in [1.29, 1.82) is 0 Å². The molecule has 1 heterocycles. The molecule has 1 amide bonds. The van der Waals surface area contributed by atoms with Crippen molar-refractivity contribution >= 4 is 5.91 Å². The summed E-state index contributed by atoms with van der Waals surface area (Å²) in [7, 11) is 0. The average molecular weight is 240 g/mol. The molecule has 1 aliphatic heterocycles. The Morgan fingerprint density at radius 2 is 2.24 bits per heavy atom. The third kappa shape index (κ3) is 5.53. The lowest BCUT2D eigenvalue weighted by Gasteiger charge is -2.33. The minimum absolute atomic E-state index is 0.349. The number of piperidine rings is 1. The highest BCUT2D eigenvalue weighted by atomic mass is 16.2. The zero-order valence-electron chi connectivity index (χ0n) is 11.7. The summed E-state index contributed by atoms with van der Waals surface area (Å²) in [6.45, 7) is 9.47. The number of hydrogen-bond acceptors (Lipinski definition) is 2. The van der Waals surface area contributed by atoms with Gasteiger partial charge in [-0.05, 0) is 38.1 Å². The van der Waals surface area contributed by atoms with Crippen LogP contribution in [0.2, 0.25) is 0 Å². The summed E-state index contributed by atoms with van der Waals surface area (Å²) in [6.07, 6.45) is 5.26. The zero-order valence-corrected chi connectivity index (χ0v) is 11.7. The fraction of sp³-hybridized carbons (Fsp3) is 0.929. The van der Waals surface area contributed by atoms with Crippen LogP contribution in [0.3, 0.4) is 0 Å². The number of carbonyl (C=O) groups excluding carboxylic acids is 1. The average Bonchev–Trinajstić information content (AvgIpc) is 2.33. The van der Waals surface area contributed by atoms with Gasteiger partial charge in [0.15, 0.2) is 0 Å². The third-order valence-corrected chi connectivity index (χ3v) is 3.39. The van der Waals surface area contributed by atoms with Crippen LogP contribution in [0.15, 0.2) is 0 Å². The molecule has 0 radical (unpaired) electrons. The van der Waals surface area contributed by atoms with Crippen LogP contribution in [-0.4, -0.2) is 36.5 Å². The van der Waals surface area contributed by atoms with Gasteiger partial charge in [0, 0.05) is 25.6 Å². The van der Waals surface area contributed by atoms with Crippen LogP contribution in [0.5, 0.6) is 0 Å². The molecule has 0 aromatic carbocycles. The molecular weight excluding hydrogens is 212 g/mol. The molecule has 0 aromatic rings. The largest absolute Gasteiger partial charge is 0.341 e. The molecule has 100 valence electrons. The molecule has 0 aliphatic carbocycles. The summed E-state index contributed by atoms with van der Waals surface area (Å²) < 4.78 is 0. The van der Waals surface area contributed by atoms with Crippen molar-refractivity contribution < 1.29 is 4.79 Å². The van der Waals surface area contributed by atoms with E-state index in [1.165, 1.54) is 6.42 Å². The van der Waals surface area contributed by atoms with E-state index in [1.807, 2.05) is 0 Å². The van der Waals surface area contributed by atoms with Gasteiger partial charge < -0.3 is 10.2 Å². The Morgan fingerprint density at radius 1 is 1.47 bits per heavy atom. The predicted molar refractivity (Wildman–Crippen MR) is 72.0 cm³/mol. The van der Waals surface area contributed by atoms with E-state index in [4.69, 9.17) is 0 Å². The minimum Gasteiger partial charge on any atom is -0.341 e. The molecule has 3 heteroatoms. The van der Waals surface area contributed by atoms with Crippen LogP contribution in [0, 0.1) is 5.92 Å². The Kier molecular flexibility index (Phi) is 6.56. The molecule has 1 fully saturated rings. The first kappa shape index (κ1) is 14.5. The maximum absolute atomic E-state index is 12.0. The lowest BCUT2D eigenvalue weighted by atomic mass is 10.0. The standard InChI is InChI=1S/C14H28N2O/c1-4-9-15-13-6-5-10-16(11-13)14(17)8-7-12(2)3/h12-13,15H,4-11H2,1-3H3. The van der Waals surface area contributed by atoms with E-state index < -0.39 is 0 Å². The Balaban J connectivity index is 2.30. The van der Waals surface area contributed by atoms with Gasteiger partial charge in [-0.25, -0.2) is 0 Å². The molecule has 1 N–H and O–H groups in total. The maximum atomic E-state index is 12.0. The molecule has 0 aromatic heterocycles. The molecule has 1 aliphatic rings. The fourth-order valence-corrected chi connectivity index (χ4v) is 2.29. The number of nitrogens with one attached hydrogen (secondary N) is 1. The van der Waals surface area contributed by atoms with E-state index in [0.717, 1.165) is 45.3 Å². The van der Waals surface area contributed by atoms with Gasteiger partial charge in [0.1, 0.15) is 0 Å². The van der Waals surface area contributed by atoms with Crippen LogP contribution >= 0.6 is 0 Å². The van der Waals surface area contributed by atoms with Gasteiger partial charge in [-0.2, -0.15) is 0 Å². The number of nitrogens with zero attached hydrogens (tertiary/aromatic N) is 1. The molecule has 0 bridgehead atoms. The number of likely N-dealkylation sites (tertiary alicyclic amines) is 1. The number of hydrogen-bond donors (Lipinski definition) is 1. The normalized spacial score (nSPS) is 20.9. The minimum atomic E-state index is 0.349. The van der Waals surface area contributed by atoms with Gasteiger partial charge >= 0.3 is 0 Å². The van der Waals surface area contributed by atoms with Crippen molar-refractivity contribution in [1.82, 2.24) is 10.2 Å². The second kappa shape index (κ2) is 7.70. The molecule has 17 heavy (non-hydrogen) atoms. The summed E-state index contributed by atoms with van der Waals surface area (Å²) in [4.78, 5) is 14.1. The number of carbonyl (C=O) groups is 1. The molecule has 1 saturated heterocycles. The number of amides is 1. The van der Waals surface area contributed by atoms with Crippen LogP contribution in [0.4, 0.5) is 0 Å². The molecule has 1 rings (SSSR count). The third-order valence-electron chi connectivity index (χ3n) is 3.39. The van der Waals surface area contributed by atoms with Gasteiger partial charge in [0.2, 0.25) is 5.91 Å². The summed E-state index contributed by atoms with van der Waals surface area (Å²) in [6, 6.07) is 0.520. The Labute approximate surface area is 106 Å². The maximum Gasteiger partial charge on any atom is 0.222 e. The topological polar surface area (TPSA) is 32.3 Å². The van der Waals surface area contributed by atoms with E-state index in [9.17, 15) is 4.79 Å². The Hall–Kier alpha value is -0.570. The summed E-state index contributed by atoms with van der Waals surface area (Å²) >= 11 is 0. The highest BCUT2D eigenvalue weighted by Gasteiger charge is 2.22. The lowest BCUT2D eigenvalue weighted by molar-refractivity contribution is -0.132. The lowest BCUT2D eigenvalue weighted by Crippen LogP contribution is -2.48. The van der Waals surface area contributed by atoms with Crippen molar-refractivity contribution in [3.63, 3.8) is 0 Å². The van der Waals surface area contributed by atoms with Gasteiger partial charge in [-0.15, -0.1) is 0 Å². The van der Waals surface area contributed by atoms with E-state index >= 15 is 0 Å². The van der Waals surface area contributed by atoms with E-state index in [1.54, 1.807) is 0 Å². The van der Waals surface area contributed by atoms with E-state index in [-0.39, 0.29) is 0 Å².